The van der Waals surface area contributed by atoms with Gasteiger partial charge in [-0.15, -0.1) is 0 Å². The van der Waals surface area contributed by atoms with Gasteiger partial charge < -0.3 is 10.1 Å². The van der Waals surface area contributed by atoms with Gasteiger partial charge in [-0.2, -0.15) is 17.4 Å². The Kier molecular flexibility index (Phi) is 6.51. The van der Waals surface area contributed by atoms with E-state index in [0.717, 1.165) is 32.2 Å². The van der Waals surface area contributed by atoms with Crippen molar-refractivity contribution >= 4 is 10.2 Å². The minimum Gasteiger partial charge on any atom is -0.381 e. The minimum absolute atomic E-state index is 0.00620. The predicted octanol–water partition coefficient (Wildman–Crippen LogP) is -0.0704. The summed E-state index contributed by atoms with van der Waals surface area (Å²) in [5.74, 6) is 0. The highest BCUT2D eigenvalue weighted by Crippen LogP contribution is 2.22. The third-order valence-electron chi connectivity index (χ3n) is 3.34. The summed E-state index contributed by atoms with van der Waals surface area (Å²) in [6.07, 6.45) is 3.53. The summed E-state index contributed by atoms with van der Waals surface area (Å²) in [5.41, 5.74) is 0. The number of nitrogens with zero attached hydrogens (tertiary/aromatic N) is 1. The molecule has 1 fully saturated rings. The molecule has 1 rings (SSSR count). The lowest BCUT2D eigenvalue weighted by atomic mass is 10.3. The number of rotatable bonds is 8. The Morgan fingerprint density at radius 3 is 2.67 bits per heavy atom. The fourth-order valence-corrected chi connectivity index (χ4v) is 3.35. The van der Waals surface area contributed by atoms with Crippen molar-refractivity contribution in [2.24, 2.45) is 0 Å². The van der Waals surface area contributed by atoms with E-state index in [4.69, 9.17) is 4.74 Å². The number of hydrogen-bond acceptors (Lipinski definition) is 4. The maximum absolute atomic E-state index is 12.0. The van der Waals surface area contributed by atoms with Gasteiger partial charge in [0.05, 0.1) is 6.10 Å². The largest absolute Gasteiger partial charge is 0.381 e. The average Bonchev–Trinajstić information content (AvgIpc) is 2.76. The molecule has 0 aliphatic heterocycles. The molecule has 6 nitrogen and oxygen atoms in total. The van der Waals surface area contributed by atoms with Crippen LogP contribution in [0.4, 0.5) is 0 Å². The second kappa shape index (κ2) is 7.40. The van der Waals surface area contributed by atoms with Gasteiger partial charge in [0.1, 0.15) is 0 Å². The first kappa shape index (κ1) is 15.8. The van der Waals surface area contributed by atoms with Crippen LogP contribution in [-0.2, 0) is 14.9 Å². The molecule has 0 radical (unpaired) electrons. The molecule has 0 bridgehead atoms. The third kappa shape index (κ3) is 4.81. The van der Waals surface area contributed by atoms with Crippen molar-refractivity contribution in [2.75, 3.05) is 34.3 Å². The Morgan fingerprint density at radius 2 is 2.11 bits per heavy atom. The van der Waals surface area contributed by atoms with Crippen molar-refractivity contribution in [2.45, 2.75) is 37.8 Å². The predicted molar refractivity (Wildman–Crippen MR) is 71.7 cm³/mol. The van der Waals surface area contributed by atoms with Gasteiger partial charge in [-0.3, -0.25) is 0 Å². The van der Waals surface area contributed by atoms with E-state index in [1.807, 2.05) is 7.05 Å². The highest BCUT2D eigenvalue weighted by molar-refractivity contribution is 7.87. The molecular formula is C11H25N3O3S. The van der Waals surface area contributed by atoms with E-state index >= 15 is 0 Å². The van der Waals surface area contributed by atoms with Gasteiger partial charge in [0.25, 0.3) is 10.2 Å². The zero-order valence-electron chi connectivity index (χ0n) is 11.5. The van der Waals surface area contributed by atoms with Crippen LogP contribution in [0.1, 0.15) is 25.7 Å². The van der Waals surface area contributed by atoms with Crippen LogP contribution in [0.15, 0.2) is 0 Å². The Hall–Kier alpha value is -0.210. The summed E-state index contributed by atoms with van der Waals surface area (Å²) in [7, 11) is 1.79. The van der Waals surface area contributed by atoms with E-state index in [0.29, 0.717) is 6.54 Å². The molecule has 108 valence electrons. The highest BCUT2D eigenvalue weighted by Gasteiger charge is 2.29. The summed E-state index contributed by atoms with van der Waals surface area (Å²) in [6, 6.07) is 0.00620. The minimum atomic E-state index is -3.36. The molecule has 1 aliphatic carbocycles. The zero-order valence-corrected chi connectivity index (χ0v) is 12.3. The molecule has 0 heterocycles. The van der Waals surface area contributed by atoms with Gasteiger partial charge >= 0.3 is 0 Å². The summed E-state index contributed by atoms with van der Waals surface area (Å²) in [6.45, 7) is 1.34. The van der Waals surface area contributed by atoms with Crippen molar-refractivity contribution in [1.82, 2.24) is 14.3 Å². The maximum atomic E-state index is 12.0. The van der Waals surface area contributed by atoms with Crippen LogP contribution >= 0.6 is 0 Å². The Bertz CT molecular complexity index is 334. The monoisotopic (exact) mass is 279 g/mol. The number of methoxy groups -OCH3 is 1. The van der Waals surface area contributed by atoms with Gasteiger partial charge in [-0.25, -0.2) is 0 Å². The summed E-state index contributed by atoms with van der Waals surface area (Å²) >= 11 is 0. The average molecular weight is 279 g/mol. The van der Waals surface area contributed by atoms with Crippen LogP contribution in [-0.4, -0.2) is 59.2 Å². The van der Waals surface area contributed by atoms with E-state index in [1.165, 1.54) is 4.31 Å². The summed E-state index contributed by atoms with van der Waals surface area (Å²) < 4.78 is 33.4. The topological polar surface area (TPSA) is 70.7 Å². The fourth-order valence-electron chi connectivity index (χ4n) is 2.16. The lowest BCUT2D eigenvalue weighted by Gasteiger charge is -2.20. The first-order valence-corrected chi connectivity index (χ1v) is 7.84. The molecule has 1 aliphatic rings. The molecule has 2 atom stereocenters. The molecule has 2 N–H and O–H groups in total. The Labute approximate surface area is 110 Å². The molecule has 2 unspecified atom stereocenters. The number of hydrogen-bond donors (Lipinski definition) is 2. The van der Waals surface area contributed by atoms with Gasteiger partial charge in [0, 0.05) is 26.7 Å². The smallest absolute Gasteiger partial charge is 0.279 e. The second-order valence-corrected chi connectivity index (χ2v) is 6.58. The van der Waals surface area contributed by atoms with Crippen LogP contribution in [0.2, 0.25) is 0 Å². The van der Waals surface area contributed by atoms with Gasteiger partial charge in [-0.05, 0) is 39.3 Å². The zero-order chi connectivity index (χ0) is 13.6. The van der Waals surface area contributed by atoms with Crippen molar-refractivity contribution in [1.29, 1.82) is 0 Å². The van der Waals surface area contributed by atoms with Crippen molar-refractivity contribution in [3.05, 3.63) is 0 Å². The number of ether oxygens (including phenoxy) is 1. The molecule has 1 saturated carbocycles. The van der Waals surface area contributed by atoms with E-state index in [-0.39, 0.29) is 12.1 Å². The Balaban J connectivity index is 2.39. The van der Waals surface area contributed by atoms with Gasteiger partial charge in [0.2, 0.25) is 0 Å². The SMILES string of the molecule is CNCCCN(C)S(=O)(=O)NC1CCC(OC)C1. The molecular weight excluding hydrogens is 254 g/mol. The molecule has 0 aromatic heterocycles. The standard InChI is InChI=1S/C11H25N3O3S/c1-12-7-4-8-14(2)18(15,16)13-10-5-6-11(9-10)17-3/h10-13H,4-9H2,1-3H3. The van der Waals surface area contributed by atoms with Crippen LogP contribution in [0.5, 0.6) is 0 Å². The molecule has 7 heteroatoms. The summed E-state index contributed by atoms with van der Waals surface area (Å²) in [5, 5.41) is 3.00. The van der Waals surface area contributed by atoms with E-state index in [1.54, 1.807) is 14.2 Å². The van der Waals surface area contributed by atoms with E-state index in [2.05, 4.69) is 10.0 Å². The summed E-state index contributed by atoms with van der Waals surface area (Å²) in [4.78, 5) is 0. The molecule has 0 spiro atoms. The molecule has 0 aromatic carbocycles. The van der Waals surface area contributed by atoms with Crippen LogP contribution < -0.4 is 10.0 Å². The van der Waals surface area contributed by atoms with Crippen molar-refractivity contribution < 1.29 is 13.2 Å². The quantitative estimate of drug-likeness (QED) is 0.610. The highest BCUT2D eigenvalue weighted by atomic mass is 32.2. The van der Waals surface area contributed by atoms with Crippen LogP contribution in [0.25, 0.3) is 0 Å². The maximum Gasteiger partial charge on any atom is 0.279 e. The second-order valence-electron chi connectivity index (χ2n) is 4.77. The lowest BCUT2D eigenvalue weighted by molar-refractivity contribution is 0.107. The fraction of sp³-hybridized carbons (Fsp3) is 1.00. The first-order chi connectivity index (χ1) is 8.49. The van der Waals surface area contributed by atoms with E-state index < -0.39 is 10.2 Å². The Morgan fingerprint density at radius 1 is 1.39 bits per heavy atom. The van der Waals surface area contributed by atoms with Crippen molar-refractivity contribution in [3.63, 3.8) is 0 Å². The van der Waals surface area contributed by atoms with Crippen LogP contribution in [0.3, 0.4) is 0 Å². The molecule has 0 saturated heterocycles. The first-order valence-electron chi connectivity index (χ1n) is 6.40. The third-order valence-corrected chi connectivity index (χ3v) is 4.98. The van der Waals surface area contributed by atoms with Crippen LogP contribution in [0, 0.1) is 0 Å². The normalized spacial score (nSPS) is 24.9. The molecule has 0 aromatic rings. The lowest BCUT2D eigenvalue weighted by Crippen LogP contribution is -2.43. The molecule has 0 amide bonds. The van der Waals surface area contributed by atoms with E-state index in [9.17, 15) is 8.42 Å². The number of nitrogens with one attached hydrogen (secondary N) is 2. The van der Waals surface area contributed by atoms with Crippen molar-refractivity contribution in [3.8, 4) is 0 Å². The molecule has 18 heavy (non-hydrogen) atoms. The van der Waals surface area contributed by atoms with Gasteiger partial charge in [0.15, 0.2) is 0 Å². The van der Waals surface area contributed by atoms with Gasteiger partial charge in [-0.1, -0.05) is 0 Å².